The molecule has 0 fully saturated rings. The predicted octanol–water partition coefficient (Wildman–Crippen LogP) is 1.57. The van der Waals surface area contributed by atoms with E-state index in [1.807, 2.05) is 11.8 Å². The van der Waals surface area contributed by atoms with Crippen LogP contribution in [0.25, 0.3) is 0 Å². The quantitative estimate of drug-likeness (QED) is 0.476. The van der Waals surface area contributed by atoms with Crippen LogP contribution in [0.4, 0.5) is 0 Å². The molecule has 0 aliphatic carbocycles. The van der Waals surface area contributed by atoms with Gasteiger partial charge in [0, 0.05) is 24.7 Å². The van der Waals surface area contributed by atoms with Gasteiger partial charge >= 0.3 is 0 Å². The highest BCUT2D eigenvalue weighted by atomic mass is 35.5. The van der Waals surface area contributed by atoms with E-state index < -0.39 is 0 Å². The third-order valence-electron chi connectivity index (χ3n) is 0.899. The summed E-state index contributed by atoms with van der Waals surface area (Å²) in [5.41, 5.74) is 0. The lowest BCUT2D eigenvalue weighted by Crippen LogP contribution is -2.19. The summed E-state index contributed by atoms with van der Waals surface area (Å²) >= 11 is 7.40. The number of thioether (sulfide) groups is 1. The van der Waals surface area contributed by atoms with Gasteiger partial charge in [-0.2, -0.15) is 11.8 Å². The Morgan fingerprint density at radius 2 is 2.22 bits per heavy atom. The second kappa shape index (κ2) is 8.60. The monoisotopic (exact) mass is 167 g/mol. The number of rotatable bonds is 6. The van der Waals surface area contributed by atoms with Gasteiger partial charge in [-0.3, -0.25) is 0 Å². The molecule has 9 heavy (non-hydrogen) atoms. The van der Waals surface area contributed by atoms with Crippen molar-refractivity contribution in [1.29, 1.82) is 0 Å². The number of alkyl halides is 1. The van der Waals surface area contributed by atoms with E-state index in [9.17, 15) is 0 Å². The van der Waals surface area contributed by atoms with Gasteiger partial charge < -0.3 is 5.32 Å². The molecule has 0 aromatic rings. The first kappa shape index (κ1) is 9.60. The van der Waals surface area contributed by atoms with E-state index in [0.29, 0.717) is 0 Å². The number of hydrogen-bond donors (Lipinski definition) is 1. The molecule has 1 nitrogen and oxygen atoms in total. The molecular formula is C6H14ClNS. The summed E-state index contributed by atoms with van der Waals surface area (Å²) in [4.78, 5) is 0. The van der Waals surface area contributed by atoms with E-state index in [4.69, 9.17) is 11.6 Å². The van der Waals surface area contributed by atoms with Crippen molar-refractivity contribution in [2.24, 2.45) is 0 Å². The molecule has 0 spiro atoms. The summed E-state index contributed by atoms with van der Waals surface area (Å²) < 4.78 is 0. The molecule has 0 aromatic heterocycles. The topological polar surface area (TPSA) is 12.0 Å². The smallest absolute Gasteiger partial charge is 0.0348 e. The fourth-order valence-corrected chi connectivity index (χ4v) is 1.19. The minimum Gasteiger partial charge on any atom is -0.315 e. The molecule has 56 valence electrons. The van der Waals surface area contributed by atoms with Gasteiger partial charge in [0.05, 0.1) is 0 Å². The van der Waals surface area contributed by atoms with Gasteiger partial charge in [-0.1, -0.05) is 6.92 Å². The molecule has 0 rings (SSSR count). The molecule has 0 saturated heterocycles. The number of nitrogens with one attached hydrogen (secondary N) is 1. The Kier molecular flexibility index (Phi) is 9.17. The van der Waals surface area contributed by atoms with Crippen molar-refractivity contribution < 1.29 is 0 Å². The average molecular weight is 168 g/mol. The Balaban J connectivity index is 2.60. The van der Waals surface area contributed by atoms with Gasteiger partial charge in [-0.15, -0.1) is 11.6 Å². The first-order valence-corrected chi connectivity index (χ1v) is 4.95. The third-order valence-corrected chi connectivity index (χ3v) is 1.99. The van der Waals surface area contributed by atoms with Crippen LogP contribution < -0.4 is 5.32 Å². The van der Waals surface area contributed by atoms with Gasteiger partial charge in [-0.05, 0) is 5.75 Å². The van der Waals surface area contributed by atoms with Crippen molar-refractivity contribution in [2.75, 3.05) is 30.5 Å². The Bertz CT molecular complexity index is 46.3. The summed E-state index contributed by atoms with van der Waals surface area (Å²) in [7, 11) is 0. The van der Waals surface area contributed by atoms with Gasteiger partial charge in [0.15, 0.2) is 0 Å². The average Bonchev–Trinajstić information content (AvgIpc) is 1.89. The summed E-state index contributed by atoms with van der Waals surface area (Å²) in [6, 6.07) is 0. The van der Waals surface area contributed by atoms with Gasteiger partial charge in [-0.25, -0.2) is 0 Å². The minimum absolute atomic E-state index is 0.719. The Labute approximate surface area is 66.5 Å². The predicted molar refractivity (Wildman–Crippen MR) is 46.6 cm³/mol. The van der Waals surface area contributed by atoms with Crippen molar-refractivity contribution in [3.63, 3.8) is 0 Å². The van der Waals surface area contributed by atoms with Crippen molar-refractivity contribution in [2.45, 2.75) is 6.92 Å². The second-order valence-corrected chi connectivity index (χ2v) is 3.41. The molecule has 0 atom stereocenters. The Morgan fingerprint density at radius 1 is 1.44 bits per heavy atom. The van der Waals surface area contributed by atoms with Crippen LogP contribution in [0, 0.1) is 0 Å². The normalized spacial score (nSPS) is 10.0. The number of halogens is 1. The van der Waals surface area contributed by atoms with E-state index in [2.05, 4.69) is 12.2 Å². The van der Waals surface area contributed by atoms with E-state index in [1.54, 1.807) is 0 Å². The lowest BCUT2D eigenvalue weighted by Gasteiger charge is -1.99. The first-order valence-electron chi connectivity index (χ1n) is 3.26. The zero-order valence-electron chi connectivity index (χ0n) is 5.82. The van der Waals surface area contributed by atoms with Crippen LogP contribution in [0.3, 0.4) is 0 Å². The molecule has 0 aliphatic heterocycles. The fourth-order valence-electron chi connectivity index (χ4n) is 0.480. The Morgan fingerprint density at radius 3 is 2.78 bits per heavy atom. The van der Waals surface area contributed by atoms with E-state index >= 15 is 0 Å². The van der Waals surface area contributed by atoms with E-state index in [-0.39, 0.29) is 0 Å². The summed E-state index contributed by atoms with van der Waals surface area (Å²) in [6.45, 7) is 4.20. The van der Waals surface area contributed by atoms with Gasteiger partial charge in [0.2, 0.25) is 0 Å². The highest BCUT2D eigenvalue weighted by Gasteiger charge is 1.84. The van der Waals surface area contributed by atoms with Crippen LogP contribution in [0.5, 0.6) is 0 Å². The maximum absolute atomic E-state index is 5.45. The lowest BCUT2D eigenvalue weighted by molar-refractivity contribution is 0.772. The minimum atomic E-state index is 0.719. The van der Waals surface area contributed by atoms with Crippen molar-refractivity contribution in [3.8, 4) is 0 Å². The van der Waals surface area contributed by atoms with Crippen molar-refractivity contribution in [1.82, 2.24) is 5.32 Å². The Hall–Kier alpha value is 0.600. The molecule has 0 bridgehead atoms. The molecule has 0 aromatic carbocycles. The largest absolute Gasteiger partial charge is 0.315 e. The second-order valence-electron chi connectivity index (χ2n) is 1.64. The van der Waals surface area contributed by atoms with Crippen LogP contribution in [0.2, 0.25) is 0 Å². The molecule has 3 heteroatoms. The van der Waals surface area contributed by atoms with Crippen LogP contribution in [0.1, 0.15) is 6.92 Å². The van der Waals surface area contributed by atoms with Crippen LogP contribution >= 0.6 is 23.4 Å². The molecular weight excluding hydrogens is 154 g/mol. The maximum atomic E-state index is 5.45. The standard InChI is InChI=1S/C6H14ClNS/c1-2-9-6-5-8-4-3-7/h8H,2-6H2,1H3. The van der Waals surface area contributed by atoms with Crippen LogP contribution in [-0.2, 0) is 0 Å². The highest BCUT2D eigenvalue weighted by molar-refractivity contribution is 7.99. The molecule has 0 aliphatic rings. The molecule has 0 heterocycles. The first-order chi connectivity index (χ1) is 4.41. The summed E-state index contributed by atoms with van der Waals surface area (Å²) in [5.74, 6) is 3.13. The zero-order valence-corrected chi connectivity index (χ0v) is 7.39. The summed E-state index contributed by atoms with van der Waals surface area (Å²) in [6.07, 6.45) is 0. The molecule has 0 radical (unpaired) electrons. The third kappa shape index (κ3) is 8.60. The van der Waals surface area contributed by atoms with Gasteiger partial charge in [0.25, 0.3) is 0 Å². The van der Waals surface area contributed by atoms with Gasteiger partial charge in [0.1, 0.15) is 0 Å². The highest BCUT2D eigenvalue weighted by Crippen LogP contribution is 1.94. The maximum Gasteiger partial charge on any atom is 0.0348 e. The molecule has 0 saturated carbocycles. The van der Waals surface area contributed by atoms with E-state index in [1.165, 1.54) is 11.5 Å². The lowest BCUT2D eigenvalue weighted by atomic mass is 10.7. The molecule has 0 unspecified atom stereocenters. The van der Waals surface area contributed by atoms with Crippen LogP contribution in [0.15, 0.2) is 0 Å². The fraction of sp³-hybridized carbons (Fsp3) is 1.00. The molecule has 1 N–H and O–H groups in total. The zero-order chi connectivity index (χ0) is 6.95. The number of hydrogen-bond acceptors (Lipinski definition) is 2. The summed E-state index contributed by atoms with van der Waals surface area (Å²) in [5, 5.41) is 3.22. The van der Waals surface area contributed by atoms with Crippen molar-refractivity contribution >= 4 is 23.4 Å². The molecule has 0 amide bonds. The van der Waals surface area contributed by atoms with E-state index in [0.717, 1.165) is 19.0 Å². The van der Waals surface area contributed by atoms with Crippen molar-refractivity contribution in [3.05, 3.63) is 0 Å². The SMILES string of the molecule is CCSCCNCCCl. The van der Waals surface area contributed by atoms with Crippen LogP contribution in [-0.4, -0.2) is 30.5 Å².